The number of fused-ring (bicyclic) bond motifs is 1. The van der Waals surface area contributed by atoms with Crippen LogP contribution in [0.5, 0.6) is 0 Å². The van der Waals surface area contributed by atoms with Gasteiger partial charge in [-0.25, -0.2) is 4.98 Å². The van der Waals surface area contributed by atoms with Crippen LogP contribution >= 0.6 is 43.2 Å². The van der Waals surface area contributed by atoms with Crippen LogP contribution in [0, 0.1) is 0 Å². The Morgan fingerprint density at radius 1 is 1.00 bits per heavy atom. The lowest BCUT2D eigenvalue weighted by atomic mass is 10.1. The van der Waals surface area contributed by atoms with Crippen molar-refractivity contribution in [1.82, 2.24) is 4.98 Å². The van der Waals surface area contributed by atoms with Crippen LogP contribution in [0.1, 0.15) is 11.1 Å². The van der Waals surface area contributed by atoms with Gasteiger partial charge in [0.05, 0.1) is 22.9 Å². The predicted molar refractivity (Wildman–Crippen MR) is 127 cm³/mol. The van der Waals surface area contributed by atoms with Crippen molar-refractivity contribution >= 4 is 70.7 Å². The van der Waals surface area contributed by atoms with E-state index in [0.717, 1.165) is 30.3 Å². The van der Waals surface area contributed by atoms with E-state index in [-0.39, 0.29) is 12.3 Å². The predicted octanol–water partition coefficient (Wildman–Crippen LogP) is 6.43. The van der Waals surface area contributed by atoms with Gasteiger partial charge in [0.15, 0.2) is 0 Å². The van der Waals surface area contributed by atoms with E-state index in [9.17, 15) is 4.79 Å². The maximum absolute atomic E-state index is 13.1. The van der Waals surface area contributed by atoms with Gasteiger partial charge in [-0.2, -0.15) is 10.1 Å². The zero-order chi connectivity index (χ0) is 20.2. The van der Waals surface area contributed by atoms with E-state index in [1.54, 1.807) is 6.21 Å². The Bertz CT molecular complexity index is 1170. The number of aromatic nitrogens is 1. The smallest absolute Gasteiger partial charge is 0.253 e. The molecule has 0 saturated carbocycles. The number of hydrogen-bond acceptors (Lipinski definition) is 4. The zero-order valence-corrected chi connectivity index (χ0v) is 19.1. The number of carbonyl (C=O) groups is 1. The van der Waals surface area contributed by atoms with E-state index in [2.05, 4.69) is 41.9 Å². The summed E-state index contributed by atoms with van der Waals surface area (Å²) in [7, 11) is 0. The minimum Gasteiger partial charge on any atom is -0.272 e. The zero-order valence-electron chi connectivity index (χ0n) is 15.1. The lowest BCUT2D eigenvalue weighted by Crippen LogP contribution is -2.27. The second-order valence-corrected chi connectivity index (χ2v) is 9.11. The van der Waals surface area contributed by atoms with Gasteiger partial charge in [-0.05, 0) is 41.5 Å². The molecule has 0 N–H and O–H groups in total. The summed E-state index contributed by atoms with van der Waals surface area (Å²) in [4.78, 5) is 17.7. The Morgan fingerprint density at radius 2 is 1.72 bits per heavy atom. The normalized spacial score (nSPS) is 11.2. The molecule has 4 aromatic rings. The van der Waals surface area contributed by atoms with Gasteiger partial charge in [-0.15, -0.1) is 0 Å². The number of thiazole rings is 1. The van der Waals surface area contributed by atoms with Crippen molar-refractivity contribution in [2.45, 2.75) is 6.42 Å². The number of carbonyl (C=O) groups excluding carboxylic acids is 1. The van der Waals surface area contributed by atoms with Crippen molar-refractivity contribution in [1.29, 1.82) is 0 Å². The maximum atomic E-state index is 13.1. The molecule has 1 heterocycles. The Kier molecular flexibility index (Phi) is 6.18. The Labute approximate surface area is 189 Å². The minimum atomic E-state index is -0.136. The number of amides is 1. The van der Waals surface area contributed by atoms with Crippen LogP contribution in [0.3, 0.4) is 0 Å². The number of hydrogen-bond donors (Lipinski definition) is 0. The van der Waals surface area contributed by atoms with Crippen molar-refractivity contribution in [3.8, 4) is 0 Å². The van der Waals surface area contributed by atoms with Gasteiger partial charge < -0.3 is 0 Å². The van der Waals surface area contributed by atoms with E-state index >= 15 is 0 Å². The van der Waals surface area contributed by atoms with Crippen LogP contribution in [0.15, 0.2) is 86.8 Å². The summed E-state index contributed by atoms with van der Waals surface area (Å²) in [6, 6.07) is 23.3. The Hall–Kier alpha value is -2.35. The molecular weight excluding hydrogens is 514 g/mol. The van der Waals surface area contributed by atoms with Crippen LogP contribution in [-0.4, -0.2) is 17.1 Å². The largest absolute Gasteiger partial charge is 0.272 e. The van der Waals surface area contributed by atoms with Crippen molar-refractivity contribution in [2.24, 2.45) is 5.10 Å². The highest BCUT2D eigenvalue weighted by Crippen LogP contribution is 2.31. The average Bonchev–Trinajstić information content (AvgIpc) is 3.13. The molecule has 7 heteroatoms. The molecule has 0 fully saturated rings. The summed E-state index contributed by atoms with van der Waals surface area (Å²) in [5.74, 6) is -0.136. The van der Waals surface area contributed by atoms with Crippen LogP contribution < -0.4 is 5.01 Å². The summed E-state index contributed by atoms with van der Waals surface area (Å²) in [5.41, 5.74) is 2.67. The molecule has 144 valence electrons. The summed E-state index contributed by atoms with van der Waals surface area (Å²) < 4.78 is 2.95. The second kappa shape index (κ2) is 8.98. The van der Waals surface area contributed by atoms with Gasteiger partial charge in [0.25, 0.3) is 5.91 Å². The Morgan fingerprint density at radius 3 is 2.48 bits per heavy atom. The number of halogens is 2. The molecule has 0 saturated heterocycles. The van der Waals surface area contributed by atoms with Crippen LogP contribution in [0.25, 0.3) is 10.2 Å². The highest BCUT2D eigenvalue weighted by molar-refractivity contribution is 9.10. The number of hydrazone groups is 1. The lowest BCUT2D eigenvalue weighted by Gasteiger charge is -2.13. The van der Waals surface area contributed by atoms with Crippen molar-refractivity contribution in [2.75, 3.05) is 5.01 Å². The number of anilines is 1. The molecule has 0 radical (unpaired) electrons. The highest BCUT2D eigenvalue weighted by Gasteiger charge is 2.19. The second-order valence-electron chi connectivity index (χ2n) is 6.27. The van der Waals surface area contributed by atoms with Gasteiger partial charge >= 0.3 is 0 Å². The molecule has 0 aliphatic heterocycles. The van der Waals surface area contributed by atoms with Crippen LogP contribution in [0.4, 0.5) is 5.13 Å². The first kappa shape index (κ1) is 19.9. The highest BCUT2D eigenvalue weighted by atomic mass is 79.9. The third kappa shape index (κ3) is 4.98. The first-order valence-corrected chi connectivity index (χ1v) is 11.2. The SMILES string of the molecule is O=C(Cc1ccccc1)N(/N=C/c1ccc(Br)cc1)c1nc2ccc(Br)cc2s1. The third-order valence-corrected chi connectivity index (χ3v) is 6.16. The topological polar surface area (TPSA) is 45.6 Å². The van der Waals surface area contributed by atoms with Gasteiger partial charge in [-0.1, -0.05) is 85.7 Å². The first-order valence-electron chi connectivity index (χ1n) is 8.81. The van der Waals surface area contributed by atoms with Crippen molar-refractivity contribution in [3.05, 3.63) is 92.9 Å². The molecule has 1 aromatic heterocycles. The summed E-state index contributed by atoms with van der Waals surface area (Å²) in [6.07, 6.45) is 1.93. The number of rotatable bonds is 5. The fourth-order valence-corrected chi connectivity index (χ4v) is 4.47. The summed E-state index contributed by atoms with van der Waals surface area (Å²) in [5, 5.41) is 6.43. The third-order valence-electron chi connectivity index (χ3n) is 4.15. The number of benzene rings is 3. The van der Waals surface area contributed by atoms with E-state index in [1.807, 2.05) is 72.8 Å². The molecule has 0 spiro atoms. The Balaban J connectivity index is 1.68. The van der Waals surface area contributed by atoms with Crippen LogP contribution in [0.2, 0.25) is 0 Å². The average molecular weight is 529 g/mol. The van der Waals surface area contributed by atoms with Gasteiger partial charge in [-0.3, -0.25) is 4.79 Å². The maximum Gasteiger partial charge on any atom is 0.253 e. The van der Waals surface area contributed by atoms with E-state index < -0.39 is 0 Å². The standard InChI is InChI=1S/C22H15Br2N3OS/c23-17-8-6-16(7-9-17)14-25-27(21(28)12-15-4-2-1-3-5-15)22-26-19-11-10-18(24)13-20(19)29-22/h1-11,13-14H,12H2/b25-14+. The van der Waals surface area contributed by atoms with Gasteiger partial charge in [0.1, 0.15) is 0 Å². The van der Waals surface area contributed by atoms with Gasteiger partial charge in [0.2, 0.25) is 5.13 Å². The van der Waals surface area contributed by atoms with E-state index in [0.29, 0.717) is 5.13 Å². The molecule has 29 heavy (non-hydrogen) atoms. The fraction of sp³-hybridized carbons (Fsp3) is 0.0455. The first-order chi connectivity index (χ1) is 14.1. The molecule has 3 aromatic carbocycles. The molecule has 4 rings (SSSR count). The molecule has 0 unspecified atom stereocenters. The van der Waals surface area contributed by atoms with E-state index in [1.165, 1.54) is 16.3 Å². The summed E-state index contributed by atoms with van der Waals surface area (Å²) >= 11 is 8.35. The van der Waals surface area contributed by atoms with Crippen molar-refractivity contribution < 1.29 is 4.79 Å². The summed E-state index contributed by atoms with van der Waals surface area (Å²) in [6.45, 7) is 0. The molecule has 1 amide bonds. The van der Waals surface area contributed by atoms with Crippen molar-refractivity contribution in [3.63, 3.8) is 0 Å². The fourth-order valence-electron chi connectivity index (χ4n) is 2.72. The molecular formula is C22H15Br2N3OS. The minimum absolute atomic E-state index is 0.136. The quantitative estimate of drug-likeness (QED) is 0.221. The number of nitrogens with zero attached hydrogens (tertiary/aromatic N) is 3. The van der Waals surface area contributed by atoms with Crippen LogP contribution in [-0.2, 0) is 11.2 Å². The van der Waals surface area contributed by atoms with E-state index in [4.69, 9.17) is 0 Å². The molecule has 0 aliphatic rings. The lowest BCUT2D eigenvalue weighted by molar-refractivity contribution is -0.118. The molecule has 4 nitrogen and oxygen atoms in total. The molecule has 0 aliphatic carbocycles. The molecule has 0 atom stereocenters. The monoisotopic (exact) mass is 527 g/mol. The van der Waals surface area contributed by atoms with Gasteiger partial charge in [0, 0.05) is 8.95 Å². The molecule has 0 bridgehead atoms.